The number of carbonyl (C=O) groups excluding carboxylic acids is 5. The molecule has 270 valence electrons. The molecular weight excluding hydrogens is 620 g/mol. The number of hydrogen-bond acceptors (Lipinski definition) is 11. The molecule has 0 aromatic carbocycles. The minimum absolute atomic E-state index is 0.0236. The average molecular weight is 677 g/mol. The molecule has 5 fully saturated rings. The molecule has 1 N–H and O–H groups in total. The highest BCUT2D eigenvalue weighted by atomic mass is 16.7. The summed E-state index contributed by atoms with van der Waals surface area (Å²) in [5.41, 5.74) is -1.05. The van der Waals surface area contributed by atoms with Crippen LogP contribution in [-0.4, -0.2) is 71.6 Å². The van der Waals surface area contributed by atoms with E-state index in [9.17, 15) is 29.1 Å². The fourth-order valence-corrected chi connectivity index (χ4v) is 11.2. The second-order valence-electron chi connectivity index (χ2n) is 16.4. The number of rotatable bonds is 7. The molecule has 1 aliphatic heterocycles. The normalized spacial score (nSPS) is 44.4. The minimum Gasteiger partial charge on any atom is -0.460 e. The zero-order valence-corrected chi connectivity index (χ0v) is 30.1. The minimum atomic E-state index is -1.15. The van der Waals surface area contributed by atoms with Crippen LogP contribution >= 0.6 is 0 Å². The zero-order chi connectivity index (χ0) is 35.5. The van der Waals surface area contributed by atoms with Gasteiger partial charge in [0.05, 0.1) is 12.2 Å². The van der Waals surface area contributed by atoms with Crippen LogP contribution in [0.5, 0.6) is 0 Å². The summed E-state index contributed by atoms with van der Waals surface area (Å²) in [5.74, 6) is -3.03. The van der Waals surface area contributed by atoms with Gasteiger partial charge in [0.2, 0.25) is 6.29 Å². The van der Waals surface area contributed by atoms with Crippen LogP contribution in [0.3, 0.4) is 0 Å². The van der Waals surface area contributed by atoms with Crippen molar-refractivity contribution < 1.29 is 52.8 Å². The van der Waals surface area contributed by atoms with E-state index in [1.807, 2.05) is 0 Å². The van der Waals surface area contributed by atoms with Crippen LogP contribution in [0.1, 0.15) is 107 Å². The summed E-state index contributed by atoms with van der Waals surface area (Å²) < 4.78 is 29.6. The van der Waals surface area contributed by atoms with Gasteiger partial charge in [-0.05, 0) is 72.5 Å². The third-order valence-corrected chi connectivity index (χ3v) is 13.3. The Labute approximate surface area is 284 Å². The standard InChI is InChI=1S/C37H56O11/c1-17(2)23-14-28(48-29(15-23)45-20(5)39)18(3)25-16-26(42)31-30-24(10-12-37(25,31)9)36(8)13-11-27(44-19(4)38)33(43)32(36)35(47-22(7)41)34(30)46-21(6)40/h17-18,23-25,27-35,43H,10-16H2,1-9H3/t18-,23-,24-,25+,27+,28-,29?,30+,31+,32+,33-,34+,35+,36+,37+/m0/s1. The SMILES string of the molecule is CC(=O)OC1C[C@@H](C(C)C)C[C@@H]([C@@H](C)[C@H]2CC(=O)[C@@H]3[C@@H]4[C@@H](OC(C)=O)[C@H](OC(C)=O)[C@H]5[C@@H](O)[C@H](OC(C)=O)CC[C@]5(C)[C@H]4CC[C@]23C)O1. The molecule has 1 heterocycles. The van der Waals surface area contributed by atoms with Crippen molar-refractivity contribution in [1.29, 1.82) is 0 Å². The van der Waals surface area contributed by atoms with Crippen molar-refractivity contribution in [1.82, 2.24) is 0 Å². The molecule has 4 saturated carbocycles. The molecule has 0 amide bonds. The predicted octanol–water partition coefficient (Wildman–Crippen LogP) is 4.79. The van der Waals surface area contributed by atoms with Crippen LogP contribution < -0.4 is 0 Å². The largest absolute Gasteiger partial charge is 0.460 e. The summed E-state index contributed by atoms with van der Waals surface area (Å²) in [5, 5.41) is 11.8. The molecule has 1 saturated heterocycles. The first-order chi connectivity index (χ1) is 22.4. The van der Waals surface area contributed by atoms with Crippen molar-refractivity contribution in [2.75, 3.05) is 0 Å². The Morgan fingerprint density at radius 1 is 0.812 bits per heavy atom. The maximum absolute atomic E-state index is 14.4. The molecular formula is C37H56O11. The summed E-state index contributed by atoms with van der Waals surface area (Å²) in [6.07, 6.45) is -0.498. The quantitative estimate of drug-likeness (QED) is 0.293. The van der Waals surface area contributed by atoms with Crippen molar-refractivity contribution in [2.24, 2.45) is 58.2 Å². The fraction of sp³-hybridized carbons (Fsp3) is 0.865. The Hall–Kier alpha value is -2.53. The number of hydrogen-bond donors (Lipinski definition) is 1. The molecule has 48 heavy (non-hydrogen) atoms. The summed E-state index contributed by atoms with van der Waals surface area (Å²) in [6.45, 7) is 16.0. The van der Waals surface area contributed by atoms with Gasteiger partial charge in [0.25, 0.3) is 0 Å². The van der Waals surface area contributed by atoms with E-state index in [0.717, 1.165) is 19.3 Å². The lowest BCUT2D eigenvalue weighted by Gasteiger charge is -2.64. The highest BCUT2D eigenvalue weighted by Gasteiger charge is 2.71. The van der Waals surface area contributed by atoms with Gasteiger partial charge in [0, 0.05) is 58.3 Å². The maximum Gasteiger partial charge on any atom is 0.304 e. The van der Waals surface area contributed by atoms with Crippen LogP contribution in [0.25, 0.3) is 0 Å². The van der Waals surface area contributed by atoms with E-state index < -0.39 is 77.2 Å². The summed E-state index contributed by atoms with van der Waals surface area (Å²) in [6, 6.07) is 0. The molecule has 11 nitrogen and oxygen atoms in total. The Bertz CT molecular complexity index is 1280. The van der Waals surface area contributed by atoms with E-state index in [-0.39, 0.29) is 35.6 Å². The highest BCUT2D eigenvalue weighted by Crippen LogP contribution is 2.68. The van der Waals surface area contributed by atoms with Crippen LogP contribution in [0, 0.1) is 58.2 Å². The van der Waals surface area contributed by atoms with Crippen molar-refractivity contribution in [3.63, 3.8) is 0 Å². The van der Waals surface area contributed by atoms with E-state index in [0.29, 0.717) is 37.5 Å². The van der Waals surface area contributed by atoms with Gasteiger partial charge >= 0.3 is 23.9 Å². The highest BCUT2D eigenvalue weighted by molar-refractivity contribution is 5.85. The molecule has 15 atom stereocenters. The van der Waals surface area contributed by atoms with E-state index in [1.54, 1.807) is 0 Å². The molecule has 0 bridgehead atoms. The van der Waals surface area contributed by atoms with Crippen LogP contribution in [0.2, 0.25) is 0 Å². The van der Waals surface area contributed by atoms with Gasteiger partial charge in [-0.2, -0.15) is 0 Å². The summed E-state index contributed by atoms with van der Waals surface area (Å²) in [7, 11) is 0. The second-order valence-corrected chi connectivity index (χ2v) is 16.4. The summed E-state index contributed by atoms with van der Waals surface area (Å²) in [4.78, 5) is 63.7. The first kappa shape index (κ1) is 36.7. The molecule has 0 spiro atoms. The maximum atomic E-state index is 14.4. The molecule has 11 heteroatoms. The van der Waals surface area contributed by atoms with Crippen molar-refractivity contribution in [3.8, 4) is 0 Å². The molecule has 0 aromatic heterocycles. The van der Waals surface area contributed by atoms with Gasteiger partial charge in [-0.15, -0.1) is 0 Å². The number of ketones is 1. The van der Waals surface area contributed by atoms with E-state index >= 15 is 0 Å². The number of aliphatic hydroxyl groups excluding tert-OH is 1. The average Bonchev–Trinajstić information content (AvgIpc) is 3.25. The first-order valence-corrected chi connectivity index (χ1v) is 17.9. The van der Waals surface area contributed by atoms with E-state index in [2.05, 4.69) is 34.6 Å². The van der Waals surface area contributed by atoms with Crippen molar-refractivity contribution in [2.45, 2.75) is 144 Å². The first-order valence-electron chi connectivity index (χ1n) is 17.9. The third-order valence-electron chi connectivity index (χ3n) is 13.3. The summed E-state index contributed by atoms with van der Waals surface area (Å²) >= 11 is 0. The molecule has 5 rings (SSSR count). The van der Waals surface area contributed by atoms with Crippen LogP contribution in [0.4, 0.5) is 0 Å². The number of carbonyl (C=O) groups is 5. The lowest BCUT2D eigenvalue weighted by molar-refractivity contribution is -0.263. The van der Waals surface area contributed by atoms with Crippen molar-refractivity contribution in [3.05, 3.63) is 0 Å². The molecule has 5 aliphatic rings. The van der Waals surface area contributed by atoms with Crippen molar-refractivity contribution >= 4 is 29.7 Å². The molecule has 1 unspecified atom stereocenters. The zero-order valence-electron chi connectivity index (χ0n) is 30.1. The topological polar surface area (TPSA) is 152 Å². The monoisotopic (exact) mass is 676 g/mol. The lowest BCUT2D eigenvalue weighted by Crippen LogP contribution is -2.69. The number of aliphatic hydroxyl groups is 1. The van der Waals surface area contributed by atoms with Gasteiger partial charge in [-0.1, -0.05) is 34.6 Å². The van der Waals surface area contributed by atoms with Crippen LogP contribution in [-0.2, 0) is 47.7 Å². The lowest BCUT2D eigenvalue weighted by atomic mass is 9.42. The van der Waals surface area contributed by atoms with Gasteiger partial charge in [0.15, 0.2) is 0 Å². The molecule has 0 radical (unpaired) electrons. The number of esters is 4. The van der Waals surface area contributed by atoms with Crippen LogP contribution in [0.15, 0.2) is 0 Å². The van der Waals surface area contributed by atoms with Gasteiger partial charge in [0.1, 0.15) is 24.1 Å². The molecule has 0 aromatic rings. The van der Waals surface area contributed by atoms with Gasteiger partial charge in [-0.3, -0.25) is 24.0 Å². The Kier molecular flexibility index (Phi) is 10.4. The number of fused-ring (bicyclic) bond motifs is 5. The molecule has 4 aliphatic carbocycles. The second kappa shape index (κ2) is 13.6. The van der Waals surface area contributed by atoms with Gasteiger partial charge in [-0.25, -0.2) is 0 Å². The number of ether oxygens (including phenoxy) is 5. The predicted molar refractivity (Wildman–Crippen MR) is 172 cm³/mol. The Morgan fingerprint density at radius 2 is 1.40 bits per heavy atom. The van der Waals surface area contributed by atoms with E-state index in [4.69, 9.17) is 23.7 Å². The Morgan fingerprint density at radius 3 is 1.98 bits per heavy atom. The Balaban J connectivity index is 1.53. The number of Topliss-reactive ketones (excluding diaryl/α,β-unsaturated/α-hetero) is 1. The third kappa shape index (κ3) is 6.54. The van der Waals surface area contributed by atoms with Gasteiger partial charge < -0.3 is 28.8 Å². The van der Waals surface area contributed by atoms with E-state index in [1.165, 1.54) is 27.7 Å². The fourth-order valence-electron chi connectivity index (χ4n) is 11.2. The smallest absolute Gasteiger partial charge is 0.304 e.